The largest absolute Gasteiger partial charge is 0.455 e. The fraction of sp³-hybridized carbons (Fsp3) is 0.278. The Balaban J connectivity index is 1.52. The summed E-state index contributed by atoms with van der Waals surface area (Å²) < 4.78 is 10.9. The van der Waals surface area contributed by atoms with E-state index >= 15 is 0 Å². The summed E-state index contributed by atoms with van der Waals surface area (Å²) in [4.78, 5) is 33.7. The Kier molecular flexibility index (Phi) is 6.12. The molecule has 0 spiro atoms. The number of non-ortho nitro benzene ring substituents is 1. The third-order valence-corrected chi connectivity index (χ3v) is 4.05. The third-order valence-electron chi connectivity index (χ3n) is 4.05. The van der Waals surface area contributed by atoms with Crippen molar-refractivity contribution in [2.45, 2.75) is 18.9 Å². The summed E-state index contributed by atoms with van der Waals surface area (Å²) in [5, 5.41) is 17.0. The fourth-order valence-electron chi connectivity index (χ4n) is 2.65. The molecule has 0 radical (unpaired) electrons. The predicted octanol–water partition coefficient (Wildman–Crippen LogP) is 1.60. The smallest absolute Gasteiger partial charge is 0.329 e. The number of carbonyl (C=O) groups is 2. The number of carbonyl (C=O) groups excluding carboxylic acids is 2. The van der Waals surface area contributed by atoms with Crippen molar-refractivity contribution in [3.8, 4) is 11.3 Å². The average molecular weight is 386 g/mol. The van der Waals surface area contributed by atoms with Crippen molar-refractivity contribution < 1.29 is 23.7 Å². The van der Waals surface area contributed by atoms with E-state index in [1.165, 1.54) is 18.3 Å². The van der Waals surface area contributed by atoms with Crippen LogP contribution in [0.5, 0.6) is 0 Å². The van der Waals surface area contributed by atoms with Gasteiger partial charge in [-0.05, 0) is 25.0 Å². The first-order valence-corrected chi connectivity index (χ1v) is 8.60. The number of hydrogen-bond acceptors (Lipinski definition) is 7. The van der Waals surface area contributed by atoms with Crippen molar-refractivity contribution in [2.75, 3.05) is 13.2 Å². The molecule has 0 unspecified atom stereocenters. The van der Waals surface area contributed by atoms with Crippen LogP contribution in [0.25, 0.3) is 11.3 Å². The lowest BCUT2D eigenvalue weighted by molar-refractivity contribution is -0.384. The minimum absolute atomic E-state index is 0.0506. The number of nitro groups is 1. The SMILES string of the molecule is O=C(NC[C@H]1CCCO1)C(=O)NN=Cc1ccc(-c2cccc([N+](=O)[O-])c2)o1. The highest BCUT2D eigenvalue weighted by atomic mass is 16.6. The number of hydrogen-bond donors (Lipinski definition) is 2. The monoisotopic (exact) mass is 386 g/mol. The van der Waals surface area contributed by atoms with Gasteiger partial charge in [0.15, 0.2) is 0 Å². The first kappa shape index (κ1) is 19.2. The molecule has 1 fully saturated rings. The topological polar surface area (TPSA) is 136 Å². The Bertz CT molecular complexity index is 901. The number of nitrogens with one attached hydrogen (secondary N) is 2. The molecule has 146 valence electrons. The zero-order chi connectivity index (χ0) is 19.9. The van der Waals surface area contributed by atoms with E-state index < -0.39 is 16.7 Å². The molecule has 10 heteroatoms. The molecule has 1 aromatic carbocycles. The number of nitro benzene ring substituents is 1. The van der Waals surface area contributed by atoms with Gasteiger partial charge in [-0.2, -0.15) is 5.10 Å². The molecule has 1 saturated heterocycles. The number of ether oxygens (including phenoxy) is 1. The molecule has 3 rings (SSSR count). The van der Waals surface area contributed by atoms with Crippen LogP contribution in [0.2, 0.25) is 0 Å². The van der Waals surface area contributed by atoms with Gasteiger partial charge >= 0.3 is 11.8 Å². The highest BCUT2D eigenvalue weighted by molar-refractivity contribution is 6.35. The molecule has 28 heavy (non-hydrogen) atoms. The van der Waals surface area contributed by atoms with E-state index in [1.807, 2.05) is 0 Å². The molecule has 2 N–H and O–H groups in total. The van der Waals surface area contributed by atoms with Crippen LogP contribution >= 0.6 is 0 Å². The van der Waals surface area contributed by atoms with Gasteiger partial charge in [-0.1, -0.05) is 12.1 Å². The highest BCUT2D eigenvalue weighted by Crippen LogP contribution is 2.25. The predicted molar refractivity (Wildman–Crippen MR) is 98.5 cm³/mol. The quantitative estimate of drug-likeness (QED) is 0.335. The average Bonchev–Trinajstić information content (AvgIpc) is 3.38. The standard InChI is InChI=1S/C18H18N4O6/c23-17(19-10-14-5-2-8-27-14)18(24)21-20-11-15-6-7-16(28-15)12-3-1-4-13(9-12)22(25)26/h1,3-4,6-7,9,11,14H,2,5,8,10H2,(H,19,23)(H,21,24)/t14-/m1/s1. The maximum Gasteiger partial charge on any atom is 0.329 e. The lowest BCUT2D eigenvalue weighted by atomic mass is 10.1. The number of amides is 2. The van der Waals surface area contributed by atoms with Gasteiger partial charge in [0, 0.05) is 30.8 Å². The Morgan fingerprint density at radius 2 is 2.14 bits per heavy atom. The fourth-order valence-corrected chi connectivity index (χ4v) is 2.65. The third kappa shape index (κ3) is 5.01. The van der Waals surface area contributed by atoms with Crippen LogP contribution in [0, 0.1) is 10.1 Å². The molecular weight excluding hydrogens is 368 g/mol. The van der Waals surface area contributed by atoms with Crippen LogP contribution in [-0.2, 0) is 14.3 Å². The molecule has 0 bridgehead atoms. The molecule has 1 aromatic heterocycles. The summed E-state index contributed by atoms with van der Waals surface area (Å²) in [6, 6.07) is 9.21. The van der Waals surface area contributed by atoms with E-state index in [9.17, 15) is 19.7 Å². The molecule has 0 aliphatic carbocycles. The number of benzene rings is 1. The van der Waals surface area contributed by atoms with E-state index in [4.69, 9.17) is 9.15 Å². The summed E-state index contributed by atoms with van der Waals surface area (Å²) in [7, 11) is 0. The minimum Gasteiger partial charge on any atom is -0.455 e. The molecule has 0 saturated carbocycles. The van der Waals surface area contributed by atoms with Crippen molar-refractivity contribution >= 4 is 23.7 Å². The van der Waals surface area contributed by atoms with Crippen molar-refractivity contribution in [3.05, 3.63) is 52.3 Å². The summed E-state index contributed by atoms with van der Waals surface area (Å²) in [5.74, 6) is -0.989. The molecule has 2 heterocycles. The van der Waals surface area contributed by atoms with Crippen LogP contribution < -0.4 is 10.7 Å². The molecule has 1 aliphatic heterocycles. The van der Waals surface area contributed by atoms with Gasteiger partial charge in [-0.3, -0.25) is 19.7 Å². The maximum atomic E-state index is 11.7. The van der Waals surface area contributed by atoms with Crippen LogP contribution in [-0.4, -0.2) is 42.2 Å². The summed E-state index contributed by atoms with van der Waals surface area (Å²) in [6.45, 7) is 0.944. The molecule has 2 aromatic rings. The number of rotatable bonds is 6. The first-order valence-electron chi connectivity index (χ1n) is 8.60. The molecule has 1 atom stereocenters. The lowest BCUT2D eigenvalue weighted by Gasteiger charge is -2.09. The van der Waals surface area contributed by atoms with Gasteiger partial charge in [0.1, 0.15) is 11.5 Å². The van der Waals surface area contributed by atoms with Crippen LogP contribution in [0.3, 0.4) is 0 Å². The number of hydrazone groups is 1. The van der Waals surface area contributed by atoms with Gasteiger partial charge < -0.3 is 14.5 Å². The van der Waals surface area contributed by atoms with Gasteiger partial charge in [0.2, 0.25) is 0 Å². The second-order valence-corrected chi connectivity index (χ2v) is 6.05. The van der Waals surface area contributed by atoms with E-state index in [0.29, 0.717) is 23.7 Å². The van der Waals surface area contributed by atoms with Crippen LogP contribution in [0.1, 0.15) is 18.6 Å². The summed E-state index contributed by atoms with van der Waals surface area (Å²) in [5.41, 5.74) is 2.59. The number of furan rings is 1. The second-order valence-electron chi connectivity index (χ2n) is 6.05. The van der Waals surface area contributed by atoms with E-state index in [2.05, 4.69) is 15.8 Å². The van der Waals surface area contributed by atoms with E-state index in [-0.39, 0.29) is 18.3 Å². The van der Waals surface area contributed by atoms with Gasteiger partial charge in [-0.25, -0.2) is 5.43 Å². The molecule has 1 aliphatic rings. The minimum atomic E-state index is -0.903. The van der Waals surface area contributed by atoms with Crippen molar-refractivity contribution in [1.29, 1.82) is 0 Å². The molecule has 10 nitrogen and oxygen atoms in total. The first-order chi connectivity index (χ1) is 13.5. The van der Waals surface area contributed by atoms with Crippen molar-refractivity contribution in [1.82, 2.24) is 10.7 Å². The Morgan fingerprint density at radius 1 is 1.29 bits per heavy atom. The summed E-state index contributed by atoms with van der Waals surface area (Å²) in [6.07, 6.45) is 2.96. The normalized spacial score (nSPS) is 16.2. The second kappa shape index (κ2) is 8.91. The van der Waals surface area contributed by atoms with E-state index in [0.717, 1.165) is 12.8 Å². The zero-order valence-corrected chi connectivity index (χ0v) is 14.8. The van der Waals surface area contributed by atoms with Gasteiger partial charge in [0.05, 0.1) is 17.2 Å². The number of nitrogens with zero attached hydrogens (tertiary/aromatic N) is 2. The van der Waals surface area contributed by atoms with Crippen molar-refractivity contribution in [3.63, 3.8) is 0 Å². The van der Waals surface area contributed by atoms with Crippen molar-refractivity contribution in [2.24, 2.45) is 5.10 Å². The van der Waals surface area contributed by atoms with Crippen LogP contribution in [0.15, 0.2) is 45.9 Å². The van der Waals surface area contributed by atoms with Crippen LogP contribution in [0.4, 0.5) is 5.69 Å². The highest BCUT2D eigenvalue weighted by Gasteiger charge is 2.19. The zero-order valence-electron chi connectivity index (χ0n) is 14.8. The Morgan fingerprint density at radius 3 is 2.89 bits per heavy atom. The van der Waals surface area contributed by atoms with E-state index in [1.54, 1.807) is 24.3 Å². The maximum absolute atomic E-state index is 11.7. The molecule has 2 amide bonds. The lowest BCUT2D eigenvalue weighted by Crippen LogP contribution is -2.41. The molecular formula is C18H18N4O6. The Hall–Kier alpha value is -3.53. The van der Waals surface area contributed by atoms with Gasteiger partial charge in [0.25, 0.3) is 5.69 Å². The summed E-state index contributed by atoms with van der Waals surface area (Å²) >= 11 is 0. The van der Waals surface area contributed by atoms with Gasteiger partial charge in [-0.15, -0.1) is 0 Å². The Labute approximate surface area is 159 Å².